The molecule has 1 aromatic heterocycles. The van der Waals surface area contributed by atoms with Gasteiger partial charge in [0, 0.05) is 15.9 Å². The largest absolute Gasteiger partial charge is 0.452 e. The van der Waals surface area contributed by atoms with Gasteiger partial charge in [-0.3, -0.25) is 4.79 Å². The van der Waals surface area contributed by atoms with Crippen molar-refractivity contribution in [1.29, 1.82) is 0 Å². The summed E-state index contributed by atoms with van der Waals surface area (Å²) in [4.78, 5) is 25.0. The lowest BCUT2D eigenvalue weighted by Gasteiger charge is -2.04. The number of rotatable bonds is 3. The Morgan fingerprint density at radius 1 is 1.00 bits per heavy atom. The fourth-order valence-corrected chi connectivity index (χ4v) is 3.59. The average molecular weight is 479 g/mol. The molecule has 0 atom stereocenters. The minimum atomic E-state index is -0.668. The Hall–Kier alpha value is -3.71. The molecule has 0 N–H and O–H groups in total. The van der Waals surface area contributed by atoms with Gasteiger partial charge in [-0.2, -0.15) is 0 Å². The quantitative estimate of drug-likeness (QED) is 0.200. The van der Waals surface area contributed by atoms with Gasteiger partial charge in [-0.05, 0) is 60.2 Å². The number of carbonyl (C=O) groups excluding carboxylic acids is 2. The monoisotopic (exact) mass is 478 g/mol. The lowest BCUT2D eigenvalue weighted by Crippen LogP contribution is -2.07. The Morgan fingerprint density at radius 2 is 1.81 bits per heavy atom. The van der Waals surface area contributed by atoms with Gasteiger partial charge in [-0.15, -0.1) is 0 Å². The Bertz CT molecular complexity index is 1390. The van der Waals surface area contributed by atoms with Crippen LogP contribution in [0.1, 0.15) is 26.5 Å². The van der Waals surface area contributed by atoms with Crippen molar-refractivity contribution in [3.05, 3.63) is 99.7 Å². The maximum absolute atomic E-state index is 13.1. The summed E-state index contributed by atoms with van der Waals surface area (Å²) in [7, 11) is 0. The molecular weight excluding hydrogens is 467 g/mol. The molecule has 0 unspecified atom stereocenters. The van der Waals surface area contributed by atoms with Crippen molar-refractivity contribution in [2.24, 2.45) is 0 Å². The Balaban J connectivity index is 1.37. The second-order valence-electron chi connectivity index (χ2n) is 6.83. The maximum Gasteiger partial charge on any atom is 0.379 e. The van der Waals surface area contributed by atoms with E-state index >= 15 is 0 Å². The molecule has 4 aromatic rings. The number of hydrogen-bond acceptors (Lipinski definition) is 5. The summed E-state index contributed by atoms with van der Waals surface area (Å²) in [5, 5.41) is 0.764. The van der Waals surface area contributed by atoms with Gasteiger partial charge in [0.2, 0.25) is 11.5 Å². The number of furan rings is 1. The normalized spacial score (nSPS) is 14.0. The molecule has 1 aliphatic rings. The molecule has 0 saturated carbocycles. The van der Waals surface area contributed by atoms with Crippen LogP contribution in [0.3, 0.4) is 0 Å². The first kappa shape index (κ1) is 19.3. The van der Waals surface area contributed by atoms with Gasteiger partial charge in [0.1, 0.15) is 22.9 Å². The summed E-state index contributed by atoms with van der Waals surface area (Å²) in [5.74, 6) is -0.694. The molecule has 0 bridgehead atoms. The Labute approximate surface area is 183 Å². The standard InChI is InChI=1S/C24H12BrFO5/c25-15-3-8-19-14(10-15)11-22(30-19)24(28)29-17-6-7-18-20(12-17)31-21(23(18)27)9-13-1-4-16(26)5-2-13/h1-12H/b21-9-. The lowest BCUT2D eigenvalue weighted by molar-refractivity contribution is 0.0703. The Kier molecular flexibility index (Phi) is 4.67. The van der Waals surface area contributed by atoms with Gasteiger partial charge in [0.25, 0.3) is 0 Å². The molecule has 5 nitrogen and oxygen atoms in total. The number of halogens is 2. The minimum Gasteiger partial charge on any atom is -0.452 e. The summed E-state index contributed by atoms with van der Waals surface area (Å²) in [6.07, 6.45) is 1.53. The van der Waals surface area contributed by atoms with Crippen LogP contribution in [0.15, 0.2) is 81.4 Å². The van der Waals surface area contributed by atoms with Crippen molar-refractivity contribution in [1.82, 2.24) is 0 Å². The molecular formula is C24H12BrFO5. The minimum absolute atomic E-state index is 0.0579. The first-order valence-corrected chi connectivity index (χ1v) is 10.0. The smallest absolute Gasteiger partial charge is 0.379 e. The molecule has 0 saturated heterocycles. The average Bonchev–Trinajstić information content (AvgIpc) is 3.30. The molecule has 2 heterocycles. The summed E-state index contributed by atoms with van der Waals surface area (Å²) in [6, 6.07) is 17.2. The topological polar surface area (TPSA) is 65.7 Å². The Morgan fingerprint density at radius 3 is 2.61 bits per heavy atom. The predicted octanol–water partition coefficient (Wildman–Crippen LogP) is 6.17. The second-order valence-corrected chi connectivity index (χ2v) is 7.75. The molecule has 0 radical (unpaired) electrons. The predicted molar refractivity (Wildman–Crippen MR) is 115 cm³/mol. The summed E-state index contributed by atoms with van der Waals surface area (Å²) in [5.41, 5.74) is 1.54. The highest BCUT2D eigenvalue weighted by molar-refractivity contribution is 9.10. The van der Waals surface area contributed by atoms with Crippen LogP contribution < -0.4 is 9.47 Å². The van der Waals surface area contributed by atoms with Crippen LogP contribution >= 0.6 is 15.9 Å². The number of hydrogen-bond donors (Lipinski definition) is 0. The first-order valence-electron chi connectivity index (χ1n) is 9.21. The highest BCUT2D eigenvalue weighted by Crippen LogP contribution is 2.35. The zero-order valence-corrected chi connectivity index (χ0v) is 17.3. The van der Waals surface area contributed by atoms with E-state index in [-0.39, 0.29) is 34.6 Å². The van der Waals surface area contributed by atoms with E-state index < -0.39 is 5.97 Å². The van der Waals surface area contributed by atoms with Crippen molar-refractivity contribution < 1.29 is 27.9 Å². The summed E-state index contributed by atoms with van der Waals surface area (Å²) in [6.45, 7) is 0. The molecule has 5 rings (SSSR count). The van der Waals surface area contributed by atoms with E-state index in [1.165, 1.54) is 36.4 Å². The third kappa shape index (κ3) is 3.75. The van der Waals surface area contributed by atoms with E-state index in [0.29, 0.717) is 16.7 Å². The van der Waals surface area contributed by atoms with Crippen molar-refractivity contribution in [2.75, 3.05) is 0 Å². The molecule has 0 fully saturated rings. The van der Waals surface area contributed by atoms with Crippen LogP contribution in [-0.2, 0) is 0 Å². The molecule has 7 heteroatoms. The van der Waals surface area contributed by atoms with E-state index in [1.807, 2.05) is 12.1 Å². The van der Waals surface area contributed by atoms with Crippen molar-refractivity contribution >= 4 is 44.7 Å². The molecule has 1 aliphatic heterocycles. The number of esters is 1. The fourth-order valence-electron chi connectivity index (χ4n) is 3.21. The molecule has 3 aromatic carbocycles. The van der Waals surface area contributed by atoms with E-state index in [1.54, 1.807) is 24.3 Å². The van der Waals surface area contributed by atoms with Crippen molar-refractivity contribution in [2.45, 2.75) is 0 Å². The van der Waals surface area contributed by atoms with Crippen LogP contribution in [0.25, 0.3) is 17.0 Å². The molecule has 0 aliphatic carbocycles. The zero-order valence-electron chi connectivity index (χ0n) is 15.7. The molecule has 31 heavy (non-hydrogen) atoms. The highest BCUT2D eigenvalue weighted by atomic mass is 79.9. The van der Waals surface area contributed by atoms with Gasteiger partial charge >= 0.3 is 5.97 Å². The fraction of sp³-hybridized carbons (Fsp3) is 0. The van der Waals surface area contributed by atoms with Gasteiger partial charge in [-0.25, -0.2) is 9.18 Å². The molecule has 0 amide bonds. The van der Waals surface area contributed by atoms with Gasteiger partial charge < -0.3 is 13.9 Å². The van der Waals surface area contributed by atoms with E-state index in [9.17, 15) is 14.0 Å². The van der Waals surface area contributed by atoms with Crippen molar-refractivity contribution in [3.63, 3.8) is 0 Å². The number of fused-ring (bicyclic) bond motifs is 2. The van der Waals surface area contributed by atoms with Crippen LogP contribution in [0, 0.1) is 5.82 Å². The van der Waals surface area contributed by atoms with Crippen LogP contribution in [0.4, 0.5) is 4.39 Å². The third-order valence-electron chi connectivity index (χ3n) is 4.70. The number of benzene rings is 3. The summed E-state index contributed by atoms with van der Waals surface area (Å²) < 4.78 is 30.5. The van der Waals surface area contributed by atoms with E-state index in [0.717, 1.165) is 9.86 Å². The van der Waals surface area contributed by atoms with E-state index in [4.69, 9.17) is 13.9 Å². The number of carbonyl (C=O) groups is 2. The molecule has 152 valence electrons. The maximum atomic E-state index is 13.1. The highest BCUT2D eigenvalue weighted by Gasteiger charge is 2.28. The zero-order chi connectivity index (χ0) is 21.5. The lowest BCUT2D eigenvalue weighted by atomic mass is 10.1. The van der Waals surface area contributed by atoms with Gasteiger partial charge in [0.15, 0.2) is 5.76 Å². The third-order valence-corrected chi connectivity index (χ3v) is 5.19. The van der Waals surface area contributed by atoms with Crippen molar-refractivity contribution in [3.8, 4) is 11.5 Å². The van der Waals surface area contributed by atoms with Crippen LogP contribution in [0.2, 0.25) is 0 Å². The number of Topliss-reactive ketones (excluding diaryl/α,β-unsaturated/α-hetero) is 1. The summed E-state index contributed by atoms with van der Waals surface area (Å²) >= 11 is 3.37. The van der Waals surface area contributed by atoms with Crippen LogP contribution in [-0.4, -0.2) is 11.8 Å². The number of allylic oxidation sites excluding steroid dienone is 1. The van der Waals surface area contributed by atoms with Gasteiger partial charge in [-0.1, -0.05) is 28.1 Å². The molecule has 0 spiro atoms. The number of ether oxygens (including phenoxy) is 2. The SMILES string of the molecule is O=C(Oc1ccc2c(c1)O/C(=C\c1ccc(F)cc1)C2=O)c1cc2cc(Br)ccc2o1. The first-order chi connectivity index (χ1) is 15.0. The van der Waals surface area contributed by atoms with E-state index in [2.05, 4.69) is 15.9 Å². The van der Waals surface area contributed by atoms with Crippen LogP contribution in [0.5, 0.6) is 11.5 Å². The van der Waals surface area contributed by atoms with Gasteiger partial charge in [0.05, 0.1) is 5.56 Å². The second kappa shape index (κ2) is 7.52. The number of ketones is 1.